The molecule has 0 fully saturated rings. The lowest BCUT2D eigenvalue weighted by Gasteiger charge is -2.16. The van der Waals surface area contributed by atoms with Crippen LogP contribution in [0.3, 0.4) is 0 Å². The Hall–Kier alpha value is -2.46. The first-order chi connectivity index (χ1) is 8.60. The van der Waals surface area contributed by atoms with Crippen LogP contribution in [0.25, 0.3) is 0 Å². The first kappa shape index (κ1) is 13.6. The Morgan fingerprint density at radius 1 is 1.56 bits per heavy atom. The van der Waals surface area contributed by atoms with Crippen LogP contribution in [0, 0.1) is 30.6 Å². The van der Waals surface area contributed by atoms with Crippen LogP contribution in [-0.2, 0) is 4.79 Å². The lowest BCUT2D eigenvalue weighted by atomic mass is 10.1. The molecule has 0 bridgehead atoms. The van der Waals surface area contributed by atoms with Gasteiger partial charge in [-0.3, -0.25) is 4.79 Å². The van der Waals surface area contributed by atoms with E-state index in [9.17, 15) is 4.79 Å². The SMILES string of the molecule is C#CCNC(=O)C(C)Nc1cccc(C)c1C#N. The summed E-state index contributed by atoms with van der Waals surface area (Å²) in [6.07, 6.45) is 5.07. The van der Waals surface area contributed by atoms with Crippen molar-refractivity contribution < 1.29 is 4.79 Å². The minimum absolute atomic E-state index is 0.196. The van der Waals surface area contributed by atoms with Crippen molar-refractivity contribution in [1.82, 2.24) is 5.32 Å². The minimum Gasteiger partial charge on any atom is -0.373 e. The van der Waals surface area contributed by atoms with Gasteiger partial charge in [-0.15, -0.1) is 6.42 Å². The van der Waals surface area contributed by atoms with Gasteiger partial charge in [-0.25, -0.2) is 0 Å². The van der Waals surface area contributed by atoms with Crippen molar-refractivity contribution in [1.29, 1.82) is 5.26 Å². The standard InChI is InChI=1S/C14H15N3O/c1-4-8-16-14(18)11(3)17-13-7-5-6-10(2)12(13)9-15/h1,5-7,11,17H,8H2,2-3H3,(H,16,18). The van der Waals surface area contributed by atoms with Crippen molar-refractivity contribution in [3.8, 4) is 18.4 Å². The van der Waals surface area contributed by atoms with Gasteiger partial charge in [0.1, 0.15) is 12.1 Å². The lowest BCUT2D eigenvalue weighted by molar-refractivity contribution is -0.121. The molecule has 1 aromatic rings. The van der Waals surface area contributed by atoms with Gasteiger partial charge in [-0.2, -0.15) is 5.26 Å². The number of nitriles is 1. The summed E-state index contributed by atoms with van der Waals surface area (Å²) in [6.45, 7) is 3.77. The first-order valence-electron chi connectivity index (χ1n) is 5.57. The molecule has 0 radical (unpaired) electrons. The third kappa shape index (κ3) is 3.26. The van der Waals surface area contributed by atoms with Crippen LogP contribution in [0.15, 0.2) is 18.2 Å². The highest BCUT2D eigenvalue weighted by molar-refractivity contribution is 5.85. The van der Waals surface area contributed by atoms with Gasteiger partial charge in [0.2, 0.25) is 5.91 Å². The van der Waals surface area contributed by atoms with E-state index in [0.717, 1.165) is 5.56 Å². The van der Waals surface area contributed by atoms with Crippen LogP contribution in [0.1, 0.15) is 18.1 Å². The maximum Gasteiger partial charge on any atom is 0.242 e. The minimum atomic E-state index is -0.452. The van der Waals surface area contributed by atoms with E-state index >= 15 is 0 Å². The van der Waals surface area contributed by atoms with E-state index in [4.69, 9.17) is 11.7 Å². The zero-order valence-electron chi connectivity index (χ0n) is 10.4. The fourth-order valence-electron chi connectivity index (χ4n) is 1.53. The van der Waals surface area contributed by atoms with Crippen LogP contribution < -0.4 is 10.6 Å². The second kappa shape index (κ2) is 6.32. The summed E-state index contributed by atoms with van der Waals surface area (Å²) in [5, 5.41) is 14.7. The zero-order valence-corrected chi connectivity index (χ0v) is 10.4. The number of anilines is 1. The van der Waals surface area contributed by atoms with Crippen LogP contribution in [0.5, 0.6) is 0 Å². The number of benzene rings is 1. The second-order valence-electron chi connectivity index (χ2n) is 3.90. The van der Waals surface area contributed by atoms with E-state index in [1.807, 2.05) is 19.1 Å². The topological polar surface area (TPSA) is 64.9 Å². The number of hydrogen-bond acceptors (Lipinski definition) is 3. The van der Waals surface area contributed by atoms with Crippen LogP contribution >= 0.6 is 0 Å². The molecule has 1 rings (SSSR count). The molecular formula is C14H15N3O. The Bertz CT molecular complexity index is 523. The van der Waals surface area contributed by atoms with E-state index in [-0.39, 0.29) is 12.5 Å². The molecule has 0 aliphatic carbocycles. The molecule has 1 amide bonds. The number of rotatable bonds is 4. The van der Waals surface area contributed by atoms with Crippen LogP contribution in [-0.4, -0.2) is 18.5 Å². The molecule has 0 saturated carbocycles. The Balaban J connectivity index is 2.80. The molecule has 4 nitrogen and oxygen atoms in total. The molecule has 1 unspecified atom stereocenters. The summed E-state index contributed by atoms with van der Waals surface area (Å²) in [6, 6.07) is 7.14. The Morgan fingerprint density at radius 3 is 2.89 bits per heavy atom. The average molecular weight is 241 g/mol. The zero-order chi connectivity index (χ0) is 13.5. The highest BCUT2D eigenvalue weighted by Gasteiger charge is 2.14. The molecule has 0 aliphatic heterocycles. The van der Waals surface area contributed by atoms with Gasteiger partial charge >= 0.3 is 0 Å². The third-order valence-electron chi connectivity index (χ3n) is 2.51. The number of terminal acetylenes is 1. The summed E-state index contributed by atoms with van der Waals surface area (Å²) in [7, 11) is 0. The summed E-state index contributed by atoms with van der Waals surface area (Å²) < 4.78 is 0. The smallest absolute Gasteiger partial charge is 0.242 e. The molecular weight excluding hydrogens is 226 g/mol. The van der Waals surface area contributed by atoms with Crippen molar-refractivity contribution in [3.63, 3.8) is 0 Å². The molecule has 1 atom stereocenters. The Labute approximate surface area is 107 Å². The quantitative estimate of drug-likeness (QED) is 0.783. The van der Waals surface area contributed by atoms with Gasteiger partial charge in [0.15, 0.2) is 0 Å². The first-order valence-corrected chi connectivity index (χ1v) is 5.57. The van der Waals surface area contributed by atoms with Gasteiger partial charge in [0.25, 0.3) is 0 Å². The largest absolute Gasteiger partial charge is 0.373 e. The molecule has 2 N–H and O–H groups in total. The number of carbonyl (C=O) groups excluding carboxylic acids is 1. The molecule has 1 aromatic carbocycles. The van der Waals surface area contributed by atoms with E-state index in [0.29, 0.717) is 11.3 Å². The summed E-state index contributed by atoms with van der Waals surface area (Å²) in [4.78, 5) is 11.6. The molecule has 4 heteroatoms. The van der Waals surface area contributed by atoms with Gasteiger partial charge < -0.3 is 10.6 Å². The maximum atomic E-state index is 11.6. The fourth-order valence-corrected chi connectivity index (χ4v) is 1.53. The third-order valence-corrected chi connectivity index (χ3v) is 2.51. The average Bonchev–Trinajstić information content (AvgIpc) is 2.36. The monoisotopic (exact) mass is 241 g/mol. The van der Waals surface area contributed by atoms with Crippen molar-refractivity contribution in [2.24, 2.45) is 0 Å². The molecule has 0 spiro atoms. The van der Waals surface area contributed by atoms with E-state index in [1.54, 1.807) is 13.0 Å². The number of aryl methyl sites for hydroxylation is 1. The second-order valence-corrected chi connectivity index (χ2v) is 3.90. The van der Waals surface area contributed by atoms with Gasteiger partial charge in [-0.05, 0) is 25.5 Å². The predicted octanol–water partition coefficient (Wildman–Crippen LogP) is 1.42. The molecule has 0 aliphatic rings. The van der Waals surface area contributed by atoms with Crippen molar-refractivity contribution in [3.05, 3.63) is 29.3 Å². The number of nitrogens with one attached hydrogen (secondary N) is 2. The van der Waals surface area contributed by atoms with Gasteiger partial charge in [0, 0.05) is 0 Å². The molecule has 0 saturated heterocycles. The molecule has 0 aromatic heterocycles. The van der Waals surface area contributed by atoms with Crippen LogP contribution in [0.4, 0.5) is 5.69 Å². The Kier molecular flexibility index (Phi) is 4.78. The van der Waals surface area contributed by atoms with Gasteiger partial charge in [0.05, 0.1) is 17.8 Å². The maximum absolute atomic E-state index is 11.6. The number of carbonyl (C=O) groups is 1. The van der Waals surface area contributed by atoms with E-state index in [2.05, 4.69) is 22.6 Å². The van der Waals surface area contributed by atoms with E-state index in [1.165, 1.54) is 0 Å². The van der Waals surface area contributed by atoms with Gasteiger partial charge in [-0.1, -0.05) is 18.1 Å². The summed E-state index contributed by atoms with van der Waals surface area (Å²) in [5.41, 5.74) is 2.08. The number of amides is 1. The van der Waals surface area contributed by atoms with Crippen molar-refractivity contribution in [2.75, 3.05) is 11.9 Å². The Morgan fingerprint density at radius 2 is 2.28 bits per heavy atom. The highest BCUT2D eigenvalue weighted by Crippen LogP contribution is 2.19. The molecule has 0 heterocycles. The molecule has 18 heavy (non-hydrogen) atoms. The number of hydrogen-bond donors (Lipinski definition) is 2. The number of nitrogens with zero attached hydrogens (tertiary/aromatic N) is 1. The fraction of sp³-hybridized carbons (Fsp3) is 0.286. The normalized spacial score (nSPS) is 10.9. The lowest BCUT2D eigenvalue weighted by Crippen LogP contribution is -2.37. The van der Waals surface area contributed by atoms with E-state index < -0.39 is 6.04 Å². The summed E-state index contributed by atoms with van der Waals surface area (Å²) in [5.74, 6) is 2.14. The van der Waals surface area contributed by atoms with Crippen molar-refractivity contribution in [2.45, 2.75) is 19.9 Å². The molecule has 92 valence electrons. The highest BCUT2D eigenvalue weighted by atomic mass is 16.2. The summed E-state index contributed by atoms with van der Waals surface area (Å²) >= 11 is 0. The van der Waals surface area contributed by atoms with Crippen molar-refractivity contribution >= 4 is 11.6 Å². The predicted molar refractivity (Wildman–Crippen MR) is 70.8 cm³/mol. The van der Waals surface area contributed by atoms with Crippen LogP contribution in [0.2, 0.25) is 0 Å².